The van der Waals surface area contributed by atoms with Gasteiger partial charge in [-0.05, 0) is 35.1 Å². The molecular formula is C16H14BrN2O2P. The number of aromatic nitrogens is 1. The number of carbonyl (C=O) groups is 1. The van der Waals surface area contributed by atoms with Crippen molar-refractivity contribution in [3.05, 3.63) is 70.0 Å². The van der Waals surface area contributed by atoms with Gasteiger partial charge in [0.1, 0.15) is 6.10 Å². The Labute approximate surface area is 138 Å². The van der Waals surface area contributed by atoms with E-state index < -0.39 is 12.0 Å². The Bertz CT molecular complexity index is 858. The van der Waals surface area contributed by atoms with Crippen molar-refractivity contribution in [2.24, 2.45) is 5.73 Å². The van der Waals surface area contributed by atoms with Gasteiger partial charge in [-0.25, -0.2) is 0 Å². The second-order valence-electron chi connectivity index (χ2n) is 4.98. The average Bonchev–Trinajstić information content (AvgIpc) is 2.88. The summed E-state index contributed by atoms with van der Waals surface area (Å²) in [6.45, 7) is 0. The number of hydrogen-bond acceptors (Lipinski definition) is 2. The zero-order valence-electron chi connectivity index (χ0n) is 11.5. The Morgan fingerprint density at radius 3 is 2.59 bits per heavy atom. The van der Waals surface area contributed by atoms with Crippen LogP contribution in [0.25, 0.3) is 5.52 Å². The van der Waals surface area contributed by atoms with E-state index >= 15 is 0 Å². The topological polar surface area (TPSA) is 67.7 Å². The maximum atomic E-state index is 11.7. The molecule has 2 unspecified atom stereocenters. The molecule has 2 aromatic heterocycles. The Morgan fingerprint density at radius 2 is 1.95 bits per heavy atom. The van der Waals surface area contributed by atoms with Crippen molar-refractivity contribution in [1.29, 1.82) is 0 Å². The molecule has 0 aliphatic heterocycles. The van der Waals surface area contributed by atoms with Gasteiger partial charge in [-0.1, -0.05) is 34.1 Å². The molecule has 0 saturated carbocycles. The van der Waals surface area contributed by atoms with E-state index in [1.165, 1.54) is 0 Å². The lowest BCUT2D eigenvalue weighted by molar-refractivity contribution is 0.100. The second-order valence-corrected chi connectivity index (χ2v) is 6.52. The molecule has 0 radical (unpaired) electrons. The molecule has 0 bridgehead atoms. The number of benzene rings is 1. The first-order valence-electron chi connectivity index (χ1n) is 6.62. The van der Waals surface area contributed by atoms with Gasteiger partial charge in [-0.2, -0.15) is 0 Å². The van der Waals surface area contributed by atoms with Gasteiger partial charge in [-0.15, -0.1) is 9.24 Å². The lowest BCUT2D eigenvalue weighted by Gasteiger charge is -2.12. The molecule has 0 saturated heterocycles. The summed E-state index contributed by atoms with van der Waals surface area (Å²) >= 11 is 3.37. The molecule has 0 spiro atoms. The Balaban J connectivity index is 2.20. The minimum Gasteiger partial charge on any atom is -0.382 e. The Morgan fingerprint density at radius 1 is 1.27 bits per heavy atom. The summed E-state index contributed by atoms with van der Waals surface area (Å²) in [6.07, 6.45) is 0.965. The molecule has 4 nitrogen and oxygen atoms in total. The number of primary amides is 1. The van der Waals surface area contributed by atoms with Crippen LogP contribution < -0.4 is 11.0 Å². The highest BCUT2D eigenvalue weighted by atomic mass is 79.9. The van der Waals surface area contributed by atoms with E-state index in [0.29, 0.717) is 16.8 Å². The fraction of sp³-hybridized carbons (Fsp3) is 0.0625. The normalized spacial score (nSPS) is 12.5. The van der Waals surface area contributed by atoms with E-state index in [-0.39, 0.29) is 0 Å². The first kappa shape index (κ1) is 15.2. The number of pyridine rings is 1. The van der Waals surface area contributed by atoms with Crippen molar-refractivity contribution < 1.29 is 9.90 Å². The third-order valence-corrected chi connectivity index (χ3v) is 4.58. The minimum absolute atomic E-state index is 0.400. The van der Waals surface area contributed by atoms with Crippen LogP contribution in [0.3, 0.4) is 0 Å². The van der Waals surface area contributed by atoms with Crippen molar-refractivity contribution in [2.45, 2.75) is 6.10 Å². The number of aliphatic hydroxyl groups is 1. The van der Waals surface area contributed by atoms with E-state index in [1.807, 2.05) is 42.6 Å². The molecule has 0 aliphatic rings. The zero-order chi connectivity index (χ0) is 15.9. The number of halogens is 1. The largest absolute Gasteiger partial charge is 0.382 e. The second kappa shape index (κ2) is 5.84. The molecule has 3 N–H and O–H groups in total. The number of nitrogens with zero attached hydrogens (tertiary/aromatic N) is 1. The summed E-state index contributed by atoms with van der Waals surface area (Å²) in [5, 5.41) is 11.5. The zero-order valence-corrected chi connectivity index (χ0v) is 14.3. The van der Waals surface area contributed by atoms with Crippen molar-refractivity contribution in [3.8, 4) is 0 Å². The molecule has 112 valence electrons. The third kappa shape index (κ3) is 2.56. The minimum atomic E-state index is -0.847. The summed E-state index contributed by atoms with van der Waals surface area (Å²) in [4.78, 5) is 11.7. The molecule has 22 heavy (non-hydrogen) atoms. The van der Waals surface area contributed by atoms with Crippen LogP contribution in [0.2, 0.25) is 0 Å². The maximum Gasteiger partial charge on any atom is 0.250 e. The van der Waals surface area contributed by atoms with Crippen LogP contribution in [0.4, 0.5) is 0 Å². The van der Waals surface area contributed by atoms with E-state index in [1.54, 1.807) is 10.5 Å². The van der Waals surface area contributed by atoms with Crippen molar-refractivity contribution >= 4 is 41.9 Å². The van der Waals surface area contributed by atoms with Crippen molar-refractivity contribution in [3.63, 3.8) is 0 Å². The van der Waals surface area contributed by atoms with Gasteiger partial charge in [-0.3, -0.25) is 4.79 Å². The number of amides is 1. The standard InChI is InChI=1S/C16H14BrN2O2P/c17-10-5-3-9(4-6-10)15(20)12-8-11(16(18)21)14-13(22)2-1-7-19(12)14/h1-8,15,20H,22H2,(H2,18,21). The first-order valence-corrected chi connectivity index (χ1v) is 7.99. The van der Waals surface area contributed by atoms with Gasteiger partial charge < -0.3 is 15.2 Å². The molecule has 2 heterocycles. The molecule has 0 aliphatic carbocycles. The average molecular weight is 377 g/mol. The van der Waals surface area contributed by atoms with Gasteiger partial charge in [0.05, 0.1) is 16.8 Å². The van der Waals surface area contributed by atoms with Crippen molar-refractivity contribution in [1.82, 2.24) is 4.40 Å². The predicted molar refractivity (Wildman–Crippen MR) is 93.5 cm³/mol. The van der Waals surface area contributed by atoms with Crippen LogP contribution in [-0.4, -0.2) is 15.4 Å². The van der Waals surface area contributed by atoms with Crippen molar-refractivity contribution in [2.75, 3.05) is 0 Å². The Kier molecular flexibility index (Phi) is 4.04. The maximum absolute atomic E-state index is 11.7. The van der Waals surface area contributed by atoms with Gasteiger partial charge in [0, 0.05) is 10.7 Å². The smallest absolute Gasteiger partial charge is 0.250 e. The molecule has 6 heteroatoms. The summed E-state index contributed by atoms with van der Waals surface area (Å²) in [6, 6.07) is 12.8. The number of hydrogen-bond donors (Lipinski definition) is 2. The van der Waals surface area contributed by atoms with Gasteiger partial charge in [0.2, 0.25) is 0 Å². The van der Waals surface area contributed by atoms with Crippen LogP contribution in [0.15, 0.2) is 53.1 Å². The summed E-state index contributed by atoms with van der Waals surface area (Å²) < 4.78 is 2.74. The van der Waals surface area contributed by atoms with E-state index in [0.717, 1.165) is 15.3 Å². The highest BCUT2D eigenvalue weighted by Crippen LogP contribution is 2.27. The monoisotopic (exact) mass is 376 g/mol. The van der Waals surface area contributed by atoms with Crippen LogP contribution in [0.5, 0.6) is 0 Å². The highest BCUT2D eigenvalue weighted by molar-refractivity contribution is 9.10. The van der Waals surface area contributed by atoms with Crippen LogP contribution in [0, 0.1) is 0 Å². The van der Waals surface area contributed by atoms with Gasteiger partial charge >= 0.3 is 0 Å². The molecule has 3 rings (SSSR count). The lowest BCUT2D eigenvalue weighted by Crippen LogP contribution is -2.12. The van der Waals surface area contributed by atoms with Gasteiger partial charge in [0.15, 0.2) is 0 Å². The van der Waals surface area contributed by atoms with E-state index in [9.17, 15) is 9.90 Å². The molecule has 3 aromatic rings. The Hall–Kier alpha value is -1.68. The fourth-order valence-corrected chi connectivity index (χ4v) is 3.20. The highest BCUT2D eigenvalue weighted by Gasteiger charge is 2.20. The van der Waals surface area contributed by atoms with E-state index in [4.69, 9.17) is 5.73 Å². The van der Waals surface area contributed by atoms with Crippen LogP contribution >= 0.6 is 25.2 Å². The molecule has 1 aromatic carbocycles. The summed E-state index contributed by atoms with van der Waals surface area (Å²) in [5.41, 5.74) is 7.92. The number of aliphatic hydroxyl groups excluding tert-OH is 1. The number of nitrogens with two attached hydrogens (primary N) is 1. The van der Waals surface area contributed by atoms with Crippen LogP contribution in [-0.2, 0) is 0 Å². The summed E-state index contributed by atoms with van der Waals surface area (Å²) in [7, 11) is 2.59. The third-order valence-electron chi connectivity index (χ3n) is 3.58. The van der Waals surface area contributed by atoms with E-state index in [2.05, 4.69) is 25.2 Å². The number of fused-ring (bicyclic) bond motifs is 1. The quantitative estimate of drug-likeness (QED) is 0.689. The molecule has 1 amide bonds. The SMILES string of the molecule is NC(=O)c1cc(C(O)c2ccc(Br)cc2)n2cccc(P)c12. The lowest BCUT2D eigenvalue weighted by atomic mass is 10.1. The van der Waals surface area contributed by atoms with Gasteiger partial charge in [0.25, 0.3) is 5.91 Å². The molecular weight excluding hydrogens is 363 g/mol. The fourth-order valence-electron chi connectivity index (χ4n) is 2.53. The number of rotatable bonds is 3. The number of carbonyl (C=O) groups excluding carboxylic acids is 1. The first-order chi connectivity index (χ1) is 10.5. The molecule has 0 fully saturated rings. The van der Waals surface area contributed by atoms with Crippen LogP contribution in [0.1, 0.15) is 27.7 Å². The summed E-state index contributed by atoms with van der Waals surface area (Å²) in [5.74, 6) is -0.512. The molecule has 2 atom stereocenters. The predicted octanol–water partition coefficient (Wildman–Crippen LogP) is 2.38.